The lowest BCUT2D eigenvalue weighted by atomic mass is 10.3. The maximum atomic E-state index is 11.7. The monoisotopic (exact) mass is 234 g/mol. The Kier molecular flexibility index (Phi) is 4.18. The van der Waals surface area contributed by atoms with Crippen LogP contribution in [0.15, 0.2) is 18.7 Å². The van der Waals surface area contributed by atoms with Gasteiger partial charge in [-0.1, -0.05) is 0 Å². The van der Waals surface area contributed by atoms with Crippen LogP contribution in [0.25, 0.3) is 0 Å². The molecule has 88 valence electrons. The minimum Gasteiger partial charge on any atom is -0.287 e. The largest absolute Gasteiger partial charge is 0.390 e. The van der Waals surface area contributed by atoms with E-state index < -0.39 is 18.5 Å². The molecule has 0 spiro atoms. The van der Waals surface area contributed by atoms with E-state index in [0.717, 1.165) is 0 Å². The van der Waals surface area contributed by atoms with E-state index in [1.54, 1.807) is 0 Å². The summed E-state index contributed by atoms with van der Waals surface area (Å²) < 4.78 is 35.2. The highest BCUT2D eigenvalue weighted by Gasteiger charge is 2.26. The van der Waals surface area contributed by atoms with Crippen molar-refractivity contribution in [1.82, 2.24) is 20.8 Å². The number of carbonyl (C=O) groups excluding carboxylic acids is 1. The predicted octanol–water partition coefficient (Wildman–Crippen LogP) is 0.663. The number of aromatic nitrogens is 2. The summed E-state index contributed by atoms with van der Waals surface area (Å²) in [5, 5.41) is 0. The van der Waals surface area contributed by atoms with E-state index in [9.17, 15) is 18.0 Å². The van der Waals surface area contributed by atoms with Crippen LogP contribution in [0.2, 0.25) is 0 Å². The number of halogens is 3. The van der Waals surface area contributed by atoms with Gasteiger partial charge in [0.15, 0.2) is 0 Å². The third-order valence-corrected chi connectivity index (χ3v) is 1.56. The van der Waals surface area contributed by atoms with Crippen molar-refractivity contribution in [3.63, 3.8) is 0 Å². The molecule has 0 aliphatic heterocycles. The minimum atomic E-state index is -4.24. The summed E-state index contributed by atoms with van der Waals surface area (Å²) >= 11 is 0. The lowest BCUT2D eigenvalue weighted by Crippen LogP contribution is -2.39. The molecule has 0 bridgehead atoms. The maximum absolute atomic E-state index is 11.7. The van der Waals surface area contributed by atoms with E-state index in [1.165, 1.54) is 18.7 Å². The number of hydrogen-bond acceptors (Lipinski definition) is 4. The predicted molar refractivity (Wildman–Crippen MR) is 48.2 cm³/mol. The van der Waals surface area contributed by atoms with Crippen molar-refractivity contribution in [2.24, 2.45) is 0 Å². The summed E-state index contributed by atoms with van der Waals surface area (Å²) in [6, 6.07) is 0. The number of nitrogens with one attached hydrogen (secondary N) is 2. The van der Waals surface area contributed by atoms with Crippen molar-refractivity contribution in [2.75, 3.05) is 6.54 Å². The third kappa shape index (κ3) is 4.69. The average Bonchev–Trinajstić information content (AvgIpc) is 2.24. The Hall–Kier alpha value is -1.70. The normalized spacial score (nSPS) is 11.2. The maximum Gasteiger partial charge on any atom is 0.390 e. The molecule has 1 rings (SSSR count). The molecule has 0 fully saturated rings. The Balaban J connectivity index is 2.27. The average molecular weight is 234 g/mol. The van der Waals surface area contributed by atoms with E-state index in [2.05, 4.69) is 20.8 Å². The van der Waals surface area contributed by atoms with E-state index in [-0.39, 0.29) is 12.1 Å². The topological polar surface area (TPSA) is 66.9 Å². The zero-order chi connectivity index (χ0) is 12.0. The zero-order valence-electron chi connectivity index (χ0n) is 8.08. The molecule has 0 unspecified atom stereocenters. The van der Waals surface area contributed by atoms with Crippen molar-refractivity contribution >= 4 is 5.91 Å². The molecule has 1 aromatic rings. The number of hydrogen-bond donors (Lipinski definition) is 2. The van der Waals surface area contributed by atoms with Crippen LogP contribution in [-0.2, 0) is 0 Å². The first-order valence-electron chi connectivity index (χ1n) is 4.34. The highest BCUT2D eigenvalue weighted by molar-refractivity contribution is 5.93. The molecule has 16 heavy (non-hydrogen) atoms. The first kappa shape index (κ1) is 12.4. The fourth-order valence-corrected chi connectivity index (χ4v) is 0.836. The van der Waals surface area contributed by atoms with Crippen LogP contribution in [0, 0.1) is 0 Å². The first-order chi connectivity index (χ1) is 7.49. The number of amides is 1. The van der Waals surface area contributed by atoms with Gasteiger partial charge in [-0.15, -0.1) is 0 Å². The van der Waals surface area contributed by atoms with Crippen molar-refractivity contribution in [3.8, 4) is 0 Å². The molecule has 1 amide bonds. The number of carbonyl (C=O) groups is 1. The van der Waals surface area contributed by atoms with Crippen LogP contribution >= 0.6 is 0 Å². The molecule has 0 radical (unpaired) electrons. The third-order valence-electron chi connectivity index (χ3n) is 1.56. The first-order valence-corrected chi connectivity index (χ1v) is 4.34. The van der Waals surface area contributed by atoms with Crippen molar-refractivity contribution in [1.29, 1.82) is 0 Å². The van der Waals surface area contributed by atoms with Crippen LogP contribution in [-0.4, -0.2) is 28.6 Å². The molecular formula is C8H9F3N4O. The number of hydrazine groups is 1. The highest BCUT2D eigenvalue weighted by Crippen LogP contribution is 2.17. The van der Waals surface area contributed by atoms with E-state index in [1.807, 2.05) is 0 Å². The van der Waals surface area contributed by atoms with Crippen LogP contribution in [0.5, 0.6) is 0 Å². The lowest BCUT2D eigenvalue weighted by molar-refractivity contribution is -0.133. The van der Waals surface area contributed by atoms with Gasteiger partial charge in [-0.2, -0.15) is 13.2 Å². The summed E-state index contributed by atoms with van der Waals surface area (Å²) in [5.41, 5.74) is 4.44. The van der Waals surface area contributed by atoms with Crippen molar-refractivity contribution < 1.29 is 18.0 Å². The van der Waals surface area contributed by atoms with Crippen molar-refractivity contribution in [3.05, 3.63) is 24.3 Å². The van der Waals surface area contributed by atoms with E-state index in [4.69, 9.17) is 0 Å². The van der Waals surface area contributed by atoms with Crippen LogP contribution in [0.4, 0.5) is 13.2 Å². The molecule has 0 saturated carbocycles. The number of rotatable bonds is 4. The fraction of sp³-hybridized carbons (Fsp3) is 0.375. The molecule has 0 aromatic carbocycles. The standard InChI is InChI=1S/C8H9F3N4O/c9-8(10,11)1-2-14-15-7(16)6-3-12-5-13-4-6/h3-5,14H,1-2H2,(H,15,16). The SMILES string of the molecule is O=C(NNCCC(F)(F)F)c1cncnc1. The minimum absolute atomic E-state index is 0.169. The molecule has 0 aliphatic rings. The fourth-order valence-electron chi connectivity index (χ4n) is 0.836. The quantitative estimate of drug-likeness (QED) is 0.593. The Morgan fingerprint density at radius 1 is 1.31 bits per heavy atom. The molecule has 1 aromatic heterocycles. The summed E-state index contributed by atoms with van der Waals surface area (Å²) in [5.74, 6) is -0.581. The molecule has 0 atom stereocenters. The van der Waals surface area contributed by atoms with Gasteiger partial charge in [-0.25, -0.2) is 15.4 Å². The molecule has 0 saturated heterocycles. The highest BCUT2D eigenvalue weighted by atomic mass is 19.4. The molecule has 0 aliphatic carbocycles. The summed E-state index contributed by atoms with van der Waals surface area (Å²) in [6.07, 6.45) is -1.50. The number of nitrogens with zero attached hydrogens (tertiary/aromatic N) is 2. The van der Waals surface area contributed by atoms with E-state index in [0.29, 0.717) is 0 Å². The van der Waals surface area contributed by atoms with Gasteiger partial charge in [0.25, 0.3) is 5.91 Å². The Labute approximate surface area is 89.1 Å². The van der Waals surface area contributed by atoms with Gasteiger partial charge in [0.05, 0.1) is 12.0 Å². The van der Waals surface area contributed by atoms with Crippen LogP contribution in [0.3, 0.4) is 0 Å². The van der Waals surface area contributed by atoms with Gasteiger partial charge < -0.3 is 0 Å². The molecule has 8 heteroatoms. The Morgan fingerprint density at radius 2 is 1.94 bits per heavy atom. The lowest BCUT2D eigenvalue weighted by Gasteiger charge is -2.08. The molecule has 1 heterocycles. The van der Waals surface area contributed by atoms with Crippen LogP contribution in [0.1, 0.15) is 16.8 Å². The van der Waals surface area contributed by atoms with Crippen molar-refractivity contribution in [2.45, 2.75) is 12.6 Å². The second-order valence-electron chi connectivity index (χ2n) is 2.87. The Morgan fingerprint density at radius 3 is 2.50 bits per heavy atom. The molecule has 5 nitrogen and oxygen atoms in total. The van der Waals surface area contributed by atoms with Gasteiger partial charge in [0, 0.05) is 18.9 Å². The van der Waals surface area contributed by atoms with Crippen LogP contribution < -0.4 is 10.9 Å². The smallest absolute Gasteiger partial charge is 0.287 e. The van der Waals surface area contributed by atoms with E-state index >= 15 is 0 Å². The summed E-state index contributed by atoms with van der Waals surface area (Å²) in [6.45, 7) is -0.386. The van der Waals surface area contributed by atoms with Gasteiger partial charge in [0.2, 0.25) is 0 Å². The van der Waals surface area contributed by atoms with Gasteiger partial charge >= 0.3 is 6.18 Å². The molecular weight excluding hydrogens is 225 g/mol. The second-order valence-corrected chi connectivity index (χ2v) is 2.87. The van der Waals surface area contributed by atoms with Gasteiger partial charge in [0.1, 0.15) is 6.33 Å². The second kappa shape index (κ2) is 5.40. The van der Waals surface area contributed by atoms with Gasteiger partial charge in [-0.05, 0) is 0 Å². The molecule has 2 N–H and O–H groups in total. The van der Waals surface area contributed by atoms with Gasteiger partial charge in [-0.3, -0.25) is 10.2 Å². The number of alkyl halides is 3. The zero-order valence-corrected chi connectivity index (χ0v) is 8.08. The summed E-state index contributed by atoms with van der Waals surface area (Å²) in [4.78, 5) is 18.4. The Bertz CT molecular complexity index is 341. The summed E-state index contributed by atoms with van der Waals surface area (Å²) in [7, 11) is 0.